The van der Waals surface area contributed by atoms with E-state index in [4.69, 9.17) is 10.9 Å². The second kappa shape index (κ2) is 7.24. The van der Waals surface area contributed by atoms with Gasteiger partial charge < -0.3 is 10.9 Å². The molecule has 0 saturated heterocycles. The monoisotopic (exact) mass is 256 g/mol. The first-order chi connectivity index (χ1) is 8.11. The molecular formula is C11H20N4OS. The van der Waals surface area contributed by atoms with Gasteiger partial charge in [-0.3, -0.25) is 4.90 Å². The van der Waals surface area contributed by atoms with E-state index in [0.29, 0.717) is 12.3 Å². The number of aromatic nitrogens is 1. The number of hydrogen-bond donors (Lipinski definition) is 2. The van der Waals surface area contributed by atoms with Crippen molar-refractivity contribution in [1.29, 1.82) is 0 Å². The van der Waals surface area contributed by atoms with E-state index in [9.17, 15) is 0 Å². The lowest BCUT2D eigenvalue weighted by Gasteiger charge is -2.22. The topological polar surface area (TPSA) is 74.7 Å². The van der Waals surface area contributed by atoms with E-state index in [2.05, 4.69) is 28.9 Å². The Morgan fingerprint density at radius 1 is 1.65 bits per heavy atom. The molecule has 96 valence electrons. The highest BCUT2D eigenvalue weighted by atomic mass is 32.1. The van der Waals surface area contributed by atoms with E-state index in [-0.39, 0.29) is 5.84 Å². The fourth-order valence-electron chi connectivity index (χ4n) is 1.60. The van der Waals surface area contributed by atoms with Gasteiger partial charge in [0.2, 0.25) is 0 Å². The lowest BCUT2D eigenvalue weighted by molar-refractivity contribution is 0.240. The van der Waals surface area contributed by atoms with Crippen molar-refractivity contribution in [2.24, 2.45) is 16.8 Å². The van der Waals surface area contributed by atoms with E-state index in [1.807, 2.05) is 11.6 Å². The summed E-state index contributed by atoms with van der Waals surface area (Å²) in [5.41, 5.74) is 5.49. The van der Waals surface area contributed by atoms with Gasteiger partial charge in [0, 0.05) is 31.1 Å². The minimum absolute atomic E-state index is 0.276. The Morgan fingerprint density at radius 3 is 2.94 bits per heavy atom. The molecule has 0 saturated carbocycles. The molecule has 1 aromatic heterocycles. The number of rotatable bonds is 7. The highest BCUT2D eigenvalue weighted by Gasteiger charge is 2.10. The van der Waals surface area contributed by atoms with Gasteiger partial charge in [-0.05, 0) is 5.92 Å². The van der Waals surface area contributed by atoms with Crippen LogP contribution in [0.3, 0.4) is 0 Å². The van der Waals surface area contributed by atoms with Crippen LogP contribution >= 0.6 is 11.3 Å². The number of hydrogen-bond acceptors (Lipinski definition) is 5. The fourth-order valence-corrected chi connectivity index (χ4v) is 2.25. The number of thiazole rings is 1. The predicted octanol–water partition coefficient (Wildman–Crippen LogP) is 1.74. The van der Waals surface area contributed by atoms with E-state index in [0.717, 1.165) is 24.6 Å². The van der Waals surface area contributed by atoms with Gasteiger partial charge in [-0.2, -0.15) is 0 Å². The smallest absolute Gasteiger partial charge is 0.140 e. The normalized spacial score (nSPS) is 12.6. The van der Waals surface area contributed by atoms with Gasteiger partial charge in [-0.25, -0.2) is 4.98 Å². The van der Waals surface area contributed by atoms with Crippen LogP contribution in [-0.2, 0) is 6.54 Å². The first-order valence-corrected chi connectivity index (χ1v) is 6.57. The lowest BCUT2D eigenvalue weighted by Crippen LogP contribution is -2.31. The van der Waals surface area contributed by atoms with Gasteiger partial charge in [0.05, 0.1) is 6.54 Å². The van der Waals surface area contributed by atoms with Crippen LogP contribution in [0.2, 0.25) is 0 Å². The van der Waals surface area contributed by atoms with E-state index < -0.39 is 0 Å². The summed E-state index contributed by atoms with van der Waals surface area (Å²) in [6, 6.07) is 0. The molecule has 0 radical (unpaired) electrons. The van der Waals surface area contributed by atoms with Crippen LogP contribution in [-0.4, -0.2) is 34.0 Å². The van der Waals surface area contributed by atoms with Crippen LogP contribution < -0.4 is 5.73 Å². The van der Waals surface area contributed by atoms with E-state index in [1.54, 1.807) is 11.3 Å². The molecule has 17 heavy (non-hydrogen) atoms. The summed E-state index contributed by atoms with van der Waals surface area (Å²) in [4.78, 5) is 6.56. The van der Waals surface area contributed by atoms with Gasteiger partial charge in [0.1, 0.15) is 10.8 Å². The average Bonchev–Trinajstić information content (AvgIpc) is 2.77. The molecule has 0 aliphatic rings. The first kappa shape index (κ1) is 13.9. The van der Waals surface area contributed by atoms with Crippen LogP contribution in [0.1, 0.15) is 25.3 Å². The molecule has 0 aromatic carbocycles. The van der Waals surface area contributed by atoms with Crippen molar-refractivity contribution >= 4 is 17.2 Å². The summed E-state index contributed by atoms with van der Waals surface area (Å²) >= 11 is 1.65. The van der Waals surface area contributed by atoms with E-state index >= 15 is 0 Å². The third-order valence-corrected chi connectivity index (χ3v) is 3.04. The Labute approximate surface area is 106 Å². The second-order valence-electron chi connectivity index (χ2n) is 4.40. The molecule has 0 unspecified atom stereocenters. The maximum atomic E-state index is 8.52. The third-order valence-electron chi connectivity index (χ3n) is 2.28. The molecule has 3 N–H and O–H groups in total. The van der Waals surface area contributed by atoms with Crippen molar-refractivity contribution in [2.75, 3.05) is 13.1 Å². The van der Waals surface area contributed by atoms with Crippen LogP contribution in [0.4, 0.5) is 0 Å². The zero-order chi connectivity index (χ0) is 12.7. The summed E-state index contributed by atoms with van der Waals surface area (Å²) in [5, 5.41) is 14.6. The third kappa shape index (κ3) is 5.65. The quantitative estimate of drug-likeness (QED) is 0.337. The van der Waals surface area contributed by atoms with Gasteiger partial charge in [0.25, 0.3) is 0 Å². The molecule has 0 fully saturated rings. The molecule has 0 amide bonds. The highest BCUT2D eigenvalue weighted by molar-refractivity contribution is 7.09. The summed E-state index contributed by atoms with van der Waals surface area (Å²) in [6.07, 6.45) is 2.39. The maximum Gasteiger partial charge on any atom is 0.140 e. The van der Waals surface area contributed by atoms with Crippen molar-refractivity contribution in [3.05, 3.63) is 16.6 Å². The Balaban J connectivity index is 2.48. The lowest BCUT2D eigenvalue weighted by atomic mass is 10.2. The SMILES string of the molecule is CC(C)CN(CCC(N)=NO)Cc1nccs1. The molecule has 0 aliphatic carbocycles. The van der Waals surface area contributed by atoms with Crippen molar-refractivity contribution in [1.82, 2.24) is 9.88 Å². The number of nitrogens with two attached hydrogens (primary N) is 1. The van der Waals surface area contributed by atoms with Gasteiger partial charge >= 0.3 is 0 Å². The van der Waals surface area contributed by atoms with Crippen molar-refractivity contribution < 1.29 is 5.21 Å². The average molecular weight is 256 g/mol. The van der Waals surface area contributed by atoms with Crippen LogP contribution in [0, 0.1) is 5.92 Å². The molecule has 0 atom stereocenters. The highest BCUT2D eigenvalue weighted by Crippen LogP contribution is 2.10. The van der Waals surface area contributed by atoms with Crippen LogP contribution in [0.25, 0.3) is 0 Å². The largest absolute Gasteiger partial charge is 0.409 e. The number of nitrogens with zero attached hydrogens (tertiary/aromatic N) is 3. The molecule has 0 spiro atoms. The van der Waals surface area contributed by atoms with Gasteiger partial charge in [-0.1, -0.05) is 19.0 Å². The van der Waals surface area contributed by atoms with Crippen molar-refractivity contribution in [3.63, 3.8) is 0 Å². The van der Waals surface area contributed by atoms with Crippen molar-refractivity contribution in [3.8, 4) is 0 Å². The molecule has 1 rings (SSSR count). The second-order valence-corrected chi connectivity index (χ2v) is 5.38. The predicted molar refractivity (Wildman–Crippen MR) is 70.3 cm³/mol. The molecule has 5 nitrogen and oxygen atoms in total. The van der Waals surface area contributed by atoms with Crippen LogP contribution in [0.5, 0.6) is 0 Å². The number of oxime groups is 1. The Bertz CT molecular complexity index is 337. The summed E-state index contributed by atoms with van der Waals surface area (Å²) in [5.74, 6) is 0.861. The fraction of sp³-hybridized carbons (Fsp3) is 0.636. The minimum Gasteiger partial charge on any atom is -0.409 e. The molecule has 1 aromatic rings. The van der Waals surface area contributed by atoms with Crippen LogP contribution in [0.15, 0.2) is 16.7 Å². The number of amidine groups is 1. The molecule has 0 bridgehead atoms. The summed E-state index contributed by atoms with van der Waals surface area (Å²) in [7, 11) is 0. The minimum atomic E-state index is 0.276. The standard InChI is InChI=1S/C11H20N4OS/c1-9(2)7-15(5-3-10(12)14-16)8-11-13-4-6-17-11/h4,6,9,16H,3,5,7-8H2,1-2H3,(H2,12,14). The molecular weight excluding hydrogens is 236 g/mol. The molecule has 6 heteroatoms. The Hall–Kier alpha value is -1.14. The maximum absolute atomic E-state index is 8.52. The molecule has 0 aliphatic heterocycles. The first-order valence-electron chi connectivity index (χ1n) is 5.69. The van der Waals surface area contributed by atoms with Crippen molar-refractivity contribution in [2.45, 2.75) is 26.8 Å². The Morgan fingerprint density at radius 2 is 2.41 bits per heavy atom. The van der Waals surface area contributed by atoms with Gasteiger partial charge in [-0.15, -0.1) is 11.3 Å². The zero-order valence-electron chi connectivity index (χ0n) is 10.3. The van der Waals surface area contributed by atoms with E-state index in [1.165, 1.54) is 0 Å². The molecule has 1 heterocycles. The Kier molecular flexibility index (Phi) is 5.93. The van der Waals surface area contributed by atoms with Gasteiger partial charge in [0.15, 0.2) is 0 Å². The zero-order valence-corrected chi connectivity index (χ0v) is 11.2. The summed E-state index contributed by atoms with van der Waals surface area (Å²) < 4.78 is 0. The summed E-state index contributed by atoms with van der Waals surface area (Å²) in [6.45, 7) is 6.96.